The van der Waals surface area contributed by atoms with Crippen molar-refractivity contribution in [1.29, 1.82) is 0 Å². The predicted molar refractivity (Wildman–Crippen MR) is 93.9 cm³/mol. The lowest BCUT2D eigenvalue weighted by atomic mass is 9.84. The summed E-state index contributed by atoms with van der Waals surface area (Å²) in [6.45, 7) is 4.81. The van der Waals surface area contributed by atoms with Crippen LogP contribution in [-0.4, -0.2) is 17.4 Å². The van der Waals surface area contributed by atoms with Gasteiger partial charge < -0.3 is 5.32 Å². The van der Waals surface area contributed by atoms with Crippen LogP contribution in [0.25, 0.3) is 0 Å². The summed E-state index contributed by atoms with van der Waals surface area (Å²) in [6, 6.07) is 8.85. The molecule has 4 heteroatoms. The molecule has 1 aromatic rings. The number of thiocarbonyl (C=S) groups is 1. The first-order chi connectivity index (χ1) is 10.2. The second-order valence-electron chi connectivity index (χ2n) is 5.63. The van der Waals surface area contributed by atoms with E-state index in [1.165, 1.54) is 37.7 Å². The molecule has 2 rings (SSSR count). The van der Waals surface area contributed by atoms with Gasteiger partial charge in [0.05, 0.1) is 5.71 Å². The third kappa shape index (κ3) is 4.81. The SMILES string of the molecule is CCNC(=S)N/N=C(/C)c1ccc(C2CCCCC2)cc1. The lowest BCUT2D eigenvalue weighted by Crippen LogP contribution is -2.32. The molecule has 0 aromatic heterocycles. The second kappa shape index (κ2) is 8.13. The summed E-state index contributed by atoms with van der Waals surface area (Å²) in [5.74, 6) is 0.754. The molecule has 0 spiro atoms. The van der Waals surface area contributed by atoms with Crippen LogP contribution in [0.2, 0.25) is 0 Å². The van der Waals surface area contributed by atoms with Crippen LogP contribution in [-0.2, 0) is 0 Å². The maximum absolute atomic E-state index is 5.10. The minimum Gasteiger partial charge on any atom is -0.362 e. The number of hydrazone groups is 1. The minimum absolute atomic E-state index is 0.565. The molecule has 1 fully saturated rings. The Kier molecular flexibility index (Phi) is 6.18. The van der Waals surface area contributed by atoms with Crippen molar-refractivity contribution < 1.29 is 0 Å². The van der Waals surface area contributed by atoms with E-state index < -0.39 is 0 Å². The standard InChI is InChI=1S/C17H25N3S/c1-3-18-17(21)20-19-13(2)14-9-11-16(12-10-14)15-7-5-4-6-8-15/h9-12,15H,3-8H2,1-2H3,(H2,18,20,21)/b19-13-. The molecule has 3 nitrogen and oxygen atoms in total. The third-order valence-electron chi connectivity index (χ3n) is 4.07. The first-order valence-electron chi connectivity index (χ1n) is 7.89. The number of rotatable bonds is 4. The average Bonchev–Trinajstić information content (AvgIpc) is 2.54. The summed E-state index contributed by atoms with van der Waals surface area (Å²) in [4.78, 5) is 0. The van der Waals surface area contributed by atoms with Crippen molar-refractivity contribution in [3.63, 3.8) is 0 Å². The topological polar surface area (TPSA) is 36.4 Å². The van der Waals surface area contributed by atoms with E-state index in [1.807, 2.05) is 13.8 Å². The van der Waals surface area contributed by atoms with Gasteiger partial charge in [0, 0.05) is 6.54 Å². The van der Waals surface area contributed by atoms with Crippen LogP contribution in [0.15, 0.2) is 29.4 Å². The Morgan fingerprint density at radius 2 is 1.86 bits per heavy atom. The average molecular weight is 303 g/mol. The van der Waals surface area contributed by atoms with Gasteiger partial charge in [0.1, 0.15) is 0 Å². The fourth-order valence-electron chi connectivity index (χ4n) is 2.83. The van der Waals surface area contributed by atoms with Gasteiger partial charge in [0.2, 0.25) is 0 Å². The molecule has 0 bridgehead atoms. The quantitative estimate of drug-likeness (QED) is 0.502. The highest BCUT2D eigenvalue weighted by atomic mass is 32.1. The molecule has 1 aliphatic rings. The van der Waals surface area contributed by atoms with Gasteiger partial charge in [-0.3, -0.25) is 5.43 Å². The molecule has 2 N–H and O–H groups in total. The van der Waals surface area contributed by atoms with E-state index in [9.17, 15) is 0 Å². The van der Waals surface area contributed by atoms with Crippen LogP contribution in [0, 0.1) is 0 Å². The Morgan fingerprint density at radius 3 is 2.48 bits per heavy atom. The number of nitrogens with one attached hydrogen (secondary N) is 2. The predicted octanol–water partition coefficient (Wildman–Crippen LogP) is 3.94. The van der Waals surface area contributed by atoms with Crippen molar-refractivity contribution in [2.75, 3.05) is 6.54 Å². The highest BCUT2D eigenvalue weighted by Crippen LogP contribution is 2.32. The highest BCUT2D eigenvalue weighted by molar-refractivity contribution is 7.80. The maximum Gasteiger partial charge on any atom is 0.186 e. The summed E-state index contributed by atoms with van der Waals surface area (Å²) in [5.41, 5.74) is 6.43. The van der Waals surface area contributed by atoms with E-state index in [0.29, 0.717) is 5.11 Å². The summed E-state index contributed by atoms with van der Waals surface area (Å²) >= 11 is 5.10. The van der Waals surface area contributed by atoms with Gasteiger partial charge in [0.25, 0.3) is 0 Å². The van der Waals surface area contributed by atoms with Crippen molar-refractivity contribution >= 4 is 23.0 Å². The fraction of sp³-hybridized carbons (Fsp3) is 0.529. The lowest BCUT2D eigenvalue weighted by molar-refractivity contribution is 0.443. The van der Waals surface area contributed by atoms with E-state index in [0.717, 1.165) is 23.7 Å². The number of nitrogens with zero attached hydrogens (tertiary/aromatic N) is 1. The normalized spacial score (nSPS) is 16.6. The summed E-state index contributed by atoms with van der Waals surface area (Å²) in [5, 5.41) is 7.90. The molecule has 0 aliphatic heterocycles. The van der Waals surface area contributed by atoms with Crippen LogP contribution in [0.5, 0.6) is 0 Å². The molecule has 0 amide bonds. The van der Waals surface area contributed by atoms with Gasteiger partial charge >= 0.3 is 0 Å². The number of hydrogen-bond acceptors (Lipinski definition) is 2. The van der Waals surface area contributed by atoms with E-state index in [4.69, 9.17) is 12.2 Å². The van der Waals surface area contributed by atoms with Gasteiger partial charge in [-0.2, -0.15) is 5.10 Å². The molecule has 1 aromatic carbocycles. The van der Waals surface area contributed by atoms with Crippen molar-refractivity contribution in [2.24, 2.45) is 5.10 Å². The van der Waals surface area contributed by atoms with Crippen LogP contribution in [0.3, 0.4) is 0 Å². The van der Waals surface area contributed by atoms with Gasteiger partial charge in [-0.25, -0.2) is 0 Å². The monoisotopic (exact) mass is 303 g/mol. The largest absolute Gasteiger partial charge is 0.362 e. The molecule has 0 radical (unpaired) electrons. The van der Waals surface area contributed by atoms with E-state index >= 15 is 0 Å². The van der Waals surface area contributed by atoms with E-state index in [1.54, 1.807) is 0 Å². The van der Waals surface area contributed by atoms with Crippen molar-refractivity contribution in [1.82, 2.24) is 10.7 Å². The summed E-state index contributed by atoms with van der Waals surface area (Å²) in [7, 11) is 0. The maximum atomic E-state index is 5.10. The molecule has 0 saturated heterocycles. The third-order valence-corrected chi connectivity index (χ3v) is 4.30. The van der Waals surface area contributed by atoms with Crippen LogP contribution < -0.4 is 10.7 Å². The van der Waals surface area contributed by atoms with Gasteiger partial charge in [-0.05, 0) is 56.0 Å². The Hall–Kier alpha value is -1.42. The first kappa shape index (κ1) is 16.0. The number of benzene rings is 1. The molecule has 0 atom stereocenters. The molecule has 114 valence electrons. The molecule has 21 heavy (non-hydrogen) atoms. The molecule has 0 heterocycles. The Labute approximate surface area is 133 Å². The fourth-order valence-corrected chi connectivity index (χ4v) is 3.02. The number of hydrogen-bond donors (Lipinski definition) is 2. The smallest absolute Gasteiger partial charge is 0.186 e. The lowest BCUT2D eigenvalue weighted by Gasteiger charge is -2.22. The summed E-state index contributed by atoms with van der Waals surface area (Å²) in [6.07, 6.45) is 6.82. The van der Waals surface area contributed by atoms with Gasteiger partial charge in [-0.1, -0.05) is 43.5 Å². The molecule has 1 saturated carbocycles. The molecular formula is C17H25N3S. The van der Waals surface area contributed by atoms with Crippen LogP contribution in [0.4, 0.5) is 0 Å². The van der Waals surface area contributed by atoms with Crippen molar-refractivity contribution in [3.8, 4) is 0 Å². The zero-order chi connectivity index (χ0) is 15.1. The second-order valence-corrected chi connectivity index (χ2v) is 6.03. The van der Waals surface area contributed by atoms with Crippen LogP contribution in [0.1, 0.15) is 63.0 Å². The highest BCUT2D eigenvalue weighted by Gasteiger charge is 2.15. The zero-order valence-electron chi connectivity index (χ0n) is 13.0. The Bertz CT molecular complexity index is 487. The Balaban J connectivity index is 1.97. The Morgan fingerprint density at radius 1 is 1.19 bits per heavy atom. The summed E-state index contributed by atoms with van der Waals surface area (Å²) < 4.78 is 0. The molecular weight excluding hydrogens is 278 g/mol. The van der Waals surface area contributed by atoms with E-state index in [2.05, 4.69) is 40.1 Å². The van der Waals surface area contributed by atoms with Crippen LogP contribution >= 0.6 is 12.2 Å². The van der Waals surface area contributed by atoms with Crippen molar-refractivity contribution in [3.05, 3.63) is 35.4 Å². The minimum atomic E-state index is 0.565. The van der Waals surface area contributed by atoms with Gasteiger partial charge in [0.15, 0.2) is 5.11 Å². The zero-order valence-corrected chi connectivity index (χ0v) is 13.8. The van der Waals surface area contributed by atoms with Gasteiger partial charge in [-0.15, -0.1) is 0 Å². The van der Waals surface area contributed by atoms with Crippen molar-refractivity contribution in [2.45, 2.75) is 51.9 Å². The molecule has 0 unspecified atom stereocenters. The molecule has 1 aliphatic carbocycles. The van der Waals surface area contributed by atoms with E-state index in [-0.39, 0.29) is 0 Å². The first-order valence-corrected chi connectivity index (χ1v) is 8.30.